The molecule has 0 bridgehead atoms. The van der Waals surface area contributed by atoms with Gasteiger partial charge in [0.1, 0.15) is 0 Å². The molecule has 0 spiro atoms. The van der Waals surface area contributed by atoms with E-state index in [0.717, 1.165) is 32.7 Å². The first-order valence-corrected chi connectivity index (χ1v) is 8.87. The minimum absolute atomic E-state index is 0.323. The van der Waals surface area contributed by atoms with E-state index >= 15 is 0 Å². The minimum Gasteiger partial charge on any atom is -0.399 e. The van der Waals surface area contributed by atoms with Crippen LogP contribution >= 0.6 is 0 Å². The molecule has 140 valence electrons. The molecule has 2 aromatic carbocycles. The minimum atomic E-state index is -4.38. The van der Waals surface area contributed by atoms with Gasteiger partial charge in [-0.3, -0.25) is 4.90 Å². The smallest absolute Gasteiger partial charge is 0.399 e. The van der Waals surface area contributed by atoms with E-state index in [9.17, 15) is 13.2 Å². The molecule has 2 N–H and O–H groups in total. The highest BCUT2D eigenvalue weighted by Gasteiger charge is 2.34. The van der Waals surface area contributed by atoms with Crippen LogP contribution in [0.2, 0.25) is 0 Å². The summed E-state index contributed by atoms with van der Waals surface area (Å²) in [6, 6.07) is 11.5. The Labute approximate surface area is 152 Å². The van der Waals surface area contributed by atoms with Gasteiger partial charge in [-0.25, -0.2) is 0 Å². The third kappa shape index (κ3) is 4.37. The lowest BCUT2D eigenvalue weighted by atomic mass is 9.98. The molecule has 3 nitrogen and oxygen atoms in total. The monoisotopic (exact) mass is 363 g/mol. The van der Waals surface area contributed by atoms with Crippen LogP contribution in [0.25, 0.3) is 11.1 Å². The molecule has 0 atom stereocenters. The fourth-order valence-corrected chi connectivity index (χ4v) is 3.38. The Morgan fingerprint density at radius 3 is 2.19 bits per heavy atom. The van der Waals surface area contributed by atoms with Gasteiger partial charge in [-0.1, -0.05) is 31.2 Å². The number of piperazine rings is 1. The molecule has 1 heterocycles. The van der Waals surface area contributed by atoms with Gasteiger partial charge in [-0.05, 0) is 41.4 Å². The summed E-state index contributed by atoms with van der Waals surface area (Å²) >= 11 is 0. The lowest BCUT2D eigenvalue weighted by molar-refractivity contribution is -0.138. The molecule has 1 aliphatic heterocycles. The van der Waals surface area contributed by atoms with Crippen LogP contribution in [-0.4, -0.2) is 42.5 Å². The van der Waals surface area contributed by atoms with Crippen molar-refractivity contribution in [2.75, 3.05) is 38.5 Å². The second-order valence-electron chi connectivity index (χ2n) is 6.71. The van der Waals surface area contributed by atoms with Crippen molar-refractivity contribution >= 4 is 5.69 Å². The lowest BCUT2D eigenvalue weighted by Gasteiger charge is -2.34. The summed E-state index contributed by atoms with van der Waals surface area (Å²) in [5, 5.41) is 0. The lowest BCUT2D eigenvalue weighted by Crippen LogP contribution is -2.45. The van der Waals surface area contributed by atoms with Gasteiger partial charge in [0, 0.05) is 38.4 Å². The van der Waals surface area contributed by atoms with Crippen LogP contribution in [0, 0.1) is 0 Å². The number of hydrogen-bond acceptors (Lipinski definition) is 3. The zero-order valence-electron chi connectivity index (χ0n) is 14.9. The molecule has 0 saturated carbocycles. The highest BCUT2D eigenvalue weighted by Crippen LogP contribution is 2.36. The van der Waals surface area contributed by atoms with Crippen LogP contribution in [0.15, 0.2) is 42.5 Å². The van der Waals surface area contributed by atoms with Crippen molar-refractivity contribution in [2.45, 2.75) is 19.6 Å². The van der Waals surface area contributed by atoms with Crippen molar-refractivity contribution in [3.63, 3.8) is 0 Å². The predicted molar refractivity (Wildman–Crippen MR) is 98.7 cm³/mol. The maximum Gasteiger partial charge on any atom is 0.416 e. The second-order valence-corrected chi connectivity index (χ2v) is 6.71. The number of nitrogen functional groups attached to an aromatic ring is 1. The van der Waals surface area contributed by atoms with Gasteiger partial charge >= 0.3 is 6.18 Å². The van der Waals surface area contributed by atoms with E-state index in [4.69, 9.17) is 5.73 Å². The standard InChI is InChI=1S/C20H24F3N3/c1-2-25-8-10-26(11-9-25)14-17-7-6-16(13-19(17)20(21,22)23)15-4-3-5-18(24)12-15/h3-7,12-13H,2,8-11,14,24H2,1H3. The molecule has 2 aromatic rings. The van der Waals surface area contributed by atoms with Gasteiger partial charge in [0.2, 0.25) is 0 Å². The quantitative estimate of drug-likeness (QED) is 0.831. The van der Waals surface area contributed by atoms with Crippen molar-refractivity contribution in [1.29, 1.82) is 0 Å². The average Bonchev–Trinajstić information content (AvgIpc) is 2.62. The largest absolute Gasteiger partial charge is 0.416 e. The number of nitrogens with two attached hydrogens (primary N) is 1. The number of hydrogen-bond donors (Lipinski definition) is 1. The predicted octanol–water partition coefficient (Wildman–Crippen LogP) is 4.09. The van der Waals surface area contributed by atoms with Gasteiger partial charge in [0.15, 0.2) is 0 Å². The van der Waals surface area contributed by atoms with Crippen LogP contribution in [0.4, 0.5) is 18.9 Å². The molecule has 0 aliphatic carbocycles. The maximum absolute atomic E-state index is 13.6. The Kier molecular flexibility index (Phi) is 5.53. The number of nitrogens with zero attached hydrogens (tertiary/aromatic N) is 2. The summed E-state index contributed by atoms with van der Waals surface area (Å²) in [7, 11) is 0. The van der Waals surface area contributed by atoms with E-state index in [1.54, 1.807) is 36.4 Å². The third-order valence-corrected chi connectivity index (χ3v) is 4.94. The SMILES string of the molecule is CCN1CCN(Cc2ccc(-c3cccc(N)c3)cc2C(F)(F)F)CC1. The number of alkyl halides is 3. The first kappa shape index (κ1) is 18.7. The van der Waals surface area contributed by atoms with E-state index in [1.165, 1.54) is 6.07 Å². The first-order valence-electron chi connectivity index (χ1n) is 8.87. The van der Waals surface area contributed by atoms with Crippen molar-refractivity contribution in [1.82, 2.24) is 9.80 Å². The normalized spacial score (nSPS) is 16.8. The Morgan fingerprint density at radius 1 is 0.923 bits per heavy atom. The average molecular weight is 363 g/mol. The molecule has 6 heteroatoms. The highest BCUT2D eigenvalue weighted by atomic mass is 19.4. The van der Waals surface area contributed by atoms with Crippen LogP contribution in [0.3, 0.4) is 0 Å². The van der Waals surface area contributed by atoms with Crippen molar-refractivity contribution < 1.29 is 13.2 Å². The van der Waals surface area contributed by atoms with Crippen LogP contribution in [0.5, 0.6) is 0 Å². The fourth-order valence-electron chi connectivity index (χ4n) is 3.38. The molecular formula is C20H24F3N3. The maximum atomic E-state index is 13.6. The van der Waals surface area contributed by atoms with E-state index in [0.29, 0.717) is 28.9 Å². The van der Waals surface area contributed by atoms with E-state index in [2.05, 4.69) is 16.7 Å². The summed E-state index contributed by atoms with van der Waals surface area (Å²) in [6.45, 7) is 6.80. The van der Waals surface area contributed by atoms with Gasteiger partial charge in [0.25, 0.3) is 0 Å². The molecule has 0 amide bonds. The van der Waals surface area contributed by atoms with Gasteiger partial charge in [0.05, 0.1) is 5.56 Å². The number of halogens is 3. The summed E-state index contributed by atoms with van der Waals surface area (Å²) in [4.78, 5) is 4.40. The van der Waals surface area contributed by atoms with Gasteiger partial charge < -0.3 is 10.6 Å². The molecule has 1 saturated heterocycles. The summed E-state index contributed by atoms with van der Waals surface area (Å²) < 4.78 is 40.9. The number of rotatable bonds is 4. The number of benzene rings is 2. The third-order valence-electron chi connectivity index (χ3n) is 4.94. The van der Waals surface area contributed by atoms with Crippen molar-refractivity contribution in [3.05, 3.63) is 53.6 Å². The van der Waals surface area contributed by atoms with Gasteiger partial charge in [-0.2, -0.15) is 13.2 Å². The Bertz CT molecular complexity index is 750. The molecule has 0 radical (unpaired) electrons. The molecule has 0 aromatic heterocycles. The van der Waals surface area contributed by atoms with Crippen LogP contribution < -0.4 is 5.73 Å². The Balaban J connectivity index is 1.86. The zero-order chi connectivity index (χ0) is 18.7. The van der Waals surface area contributed by atoms with Crippen LogP contribution in [0.1, 0.15) is 18.1 Å². The van der Waals surface area contributed by atoms with Crippen LogP contribution in [-0.2, 0) is 12.7 Å². The van der Waals surface area contributed by atoms with Crippen molar-refractivity contribution in [2.24, 2.45) is 0 Å². The second kappa shape index (κ2) is 7.68. The van der Waals surface area contributed by atoms with E-state index in [1.807, 2.05) is 0 Å². The van der Waals surface area contributed by atoms with Gasteiger partial charge in [-0.15, -0.1) is 0 Å². The zero-order valence-corrected chi connectivity index (χ0v) is 14.9. The number of likely N-dealkylation sites (N-methyl/N-ethyl adjacent to an activating group) is 1. The topological polar surface area (TPSA) is 32.5 Å². The molecule has 26 heavy (non-hydrogen) atoms. The highest BCUT2D eigenvalue weighted by molar-refractivity contribution is 5.68. The summed E-state index contributed by atoms with van der Waals surface area (Å²) in [5.41, 5.74) is 7.29. The summed E-state index contributed by atoms with van der Waals surface area (Å²) in [5.74, 6) is 0. The van der Waals surface area contributed by atoms with E-state index < -0.39 is 11.7 Å². The first-order chi connectivity index (χ1) is 12.4. The molecular weight excluding hydrogens is 339 g/mol. The molecule has 1 aliphatic rings. The van der Waals surface area contributed by atoms with E-state index in [-0.39, 0.29) is 0 Å². The number of anilines is 1. The molecule has 1 fully saturated rings. The Hall–Kier alpha value is -2.05. The Morgan fingerprint density at radius 2 is 1.58 bits per heavy atom. The van der Waals surface area contributed by atoms with Crippen molar-refractivity contribution in [3.8, 4) is 11.1 Å². The fraction of sp³-hybridized carbons (Fsp3) is 0.400. The molecule has 3 rings (SSSR count). The summed E-state index contributed by atoms with van der Waals surface area (Å²) in [6.07, 6.45) is -4.38. The molecule has 0 unspecified atom stereocenters.